The summed E-state index contributed by atoms with van der Waals surface area (Å²) < 4.78 is 0.141. The Labute approximate surface area is 70.2 Å². The van der Waals surface area contributed by atoms with Gasteiger partial charge in [0.2, 0.25) is 0 Å². The largest absolute Gasteiger partial charge is 0.477 e. The standard InChI is InChI=1S/C4HCl2NO2S/c5-2-1(3(8)9)10-4(6)7-2/h(H,8,9). The SMILES string of the molecule is O=C(O)c1sc(Cl)nc1Cl. The van der Waals surface area contributed by atoms with Gasteiger partial charge in [-0.3, -0.25) is 0 Å². The normalized spacial score (nSPS) is 9.80. The highest BCUT2D eigenvalue weighted by molar-refractivity contribution is 7.18. The molecule has 0 saturated carbocycles. The Kier molecular flexibility index (Phi) is 2.13. The minimum absolute atomic E-state index is 0.0216. The van der Waals surface area contributed by atoms with Crippen molar-refractivity contribution in [1.82, 2.24) is 4.98 Å². The summed E-state index contributed by atoms with van der Waals surface area (Å²) in [6, 6.07) is 0. The number of carboxylic acid groups (broad SMARTS) is 1. The number of aromatic nitrogens is 1. The molecule has 10 heavy (non-hydrogen) atoms. The summed E-state index contributed by atoms with van der Waals surface area (Å²) in [5, 5.41) is 8.35. The predicted molar refractivity (Wildman–Crippen MR) is 39.1 cm³/mol. The maximum atomic E-state index is 10.3. The zero-order valence-corrected chi connectivity index (χ0v) is 6.80. The third-order valence-corrected chi connectivity index (χ3v) is 2.29. The van der Waals surface area contributed by atoms with Crippen LogP contribution in [0.25, 0.3) is 0 Å². The fourth-order valence-electron chi connectivity index (χ4n) is 0.409. The van der Waals surface area contributed by atoms with Crippen molar-refractivity contribution in [3.8, 4) is 0 Å². The second-order valence-electron chi connectivity index (χ2n) is 1.39. The van der Waals surface area contributed by atoms with Crippen molar-refractivity contribution in [3.05, 3.63) is 14.5 Å². The van der Waals surface area contributed by atoms with Crippen LogP contribution in [0.2, 0.25) is 9.62 Å². The maximum Gasteiger partial charge on any atom is 0.349 e. The van der Waals surface area contributed by atoms with Gasteiger partial charge in [0.05, 0.1) is 0 Å². The van der Waals surface area contributed by atoms with Crippen LogP contribution in [0.3, 0.4) is 0 Å². The summed E-state index contributed by atoms with van der Waals surface area (Å²) in [4.78, 5) is 13.7. The Balaban J connectivity index is 3.15. The summed E-state index contributed by atoms with van der Waals surface area (Å²) >= 11 is 11.6. The lowest BCUT2D eigenvalue weighted by Crippen LogP contribution is -1.91. The van der Waals surface area contributed by atoms with Crippen LogP contribution in [-0.2, 0) is 0 Å². The lowest BCUT2D eigenvalue weighted by molar-refractivity contribution is 0.0702. The van der Waals surface area contributed by atoms with E-state index in [1.54, 1.807) is 0 Å². The lowest BCUT2D eigenvalue weighted by atomic mass is 10.6. The molecule has 0 spiro atoms. The molecule has 0 saturated heterocycles. The molecule has 0 fully saturated rings. The second kappa shape index (κ2) is 2.74. The Morgan fingerprint density at radius 3 is 2.40 bits per heavy atom. The molecule has 1 N–H and O–H groups in total. The Morgan fingerprint density at radius 1 is 1.60 bits per heavy atom. The maximum absolute atomic E-state index is 10.3. The van der Waals surface area contributed by atoms with E-state index in [9.17, 15) is 4.79 Å². The number of nitrogens with zero attached hydrogens (tertiary/aromatic N) is 1. The van der Waals surface area contributed by atoms with Crippen LogP contribution in [0.1, 0.15) is 9.67 Å². The van der Waals surface area contributed by atoms with Crippen LogP contribution in [0.4, 0.5) is 0 Å². The molecule has 1 aromatic rings. The van der Waals surface area contributed by atoms with Gasteiger partial charge in [-0.05, 0) is 0 Å². The first kappa shape index (κ1) is 7.78. The number of carbonyl (C=O) groups is 1. The van der Waals surface area contributed by atoms with Gasteiger partial charge in [-0.25, -0.2) is 9.78 Å². The number of hydrogen-bond acceptors (Lipinski definition) is 3. The third kappa shape index (κ3) is 1.39. The zero-order chi connectivity index (χ0) is 7.72. The van der Waals surface area contributed by atoms with E-state index in [1.165, 1.54) is 0 Å². The molecule has 54 valence electrons. The van der Waals surface area contributed by atoms with E-state index in [-0.39, 0.29) is 14.5 Å². The van der Waals surface area contributed by atoms with Crippen LogP contribution < -0.4 is 0 Å². The Morgan fingerprint density at radius 2 is 2.20 bits per heavy atom. The highest BCUT2D eigenvalue weighted by Gasteiger charge is 2.13. The third-order valence-electron chi connectivity index (χ3n) is 0.754. The van der Waals surface area contributed by atoms with Gasteiger partial charge in [0.15, 0.2) is 14.5 Å². The van der Waals surface area contributed by atoms with Crippen molar-refractivity contribution < 1.29 is 9.90 Å². The van der Waals surface area contributed by atoms with E-state index in [0.29, 0.717) is 0 Å². The molecule has 0 atom stereocenters. The average Bonchev–Trinajstić information content (AvgIpc) is 2.10. The van der Waals surface area contributed by atoms with Gasteiger partial charge in [-0.15, -0.1) is 0 Å². The lowest BCUT2D eigenvalue weighted by Gasteiger charge is -1.82. The highest BCUT2D eigenvalue weighted by atomic mass is 35.5. The van der Waals surface area contributed by atoms with E-state index in [0.717, 1.165) is 11.3 Å². The van der Waals surface area contributed by atoms with Crippen molar-refractivity contribution in [2.24, 2.45) is 0 Å². The van der Waals surface area contributed by atoms with Crippen molar-refractivity contribution >= 4 is 40.5 Å². The first-order chi connectivity index (χ1) is 4.61. The first-order valence-corrected chi connectivity index (χ1v) is 3.73. The number of thiazole rings is 1. The van der Waals surface area contributed by atoms with Crippen LogP contribution in [0.15, 0.2) is 0 Å². The summed E-state index contributed by atoms with van der Waals surface area (Å²) in [6.45, 7) is 0. The van der Waals surface area contributed by atoms with E-state index < -0.39 is 5.97 Å². The van der Waals surface area contributed by atoms with E-state index >= 15 is 0 Å². The molecule has 1 rings (SSSR count). The zero-order valence-electron chi connectivity index (χ0n) is 4.47. The van der Waals surface area contributed by atoms with Gasteiger partial charge in [-0.2, -0.15) is 0 Å². The van der Waals surface area contributed by atoms with Crippen molar-refractivity contribution in [1.29, 1.82) is 0 Å². The van der Waals surface area contributed by atoms with Crippen molar-refractivity contribution in [2.75, 3.05) is 0 Å². The van der Waals surface area contributed by atoms with Gasteiger partial charge in [0, 0.05) is 0 Å². The van der Waals surface area contributed by atoms with E-state index in [2.05, 4.69) is 4.98 Å². The molecule has 0 aliphatic heterocycles. The molecule has 0 bridgehead atoms. The van der Waals surface area contributed by atoms with Crippen LogP contribution in [-0.4, -0.2) is 16.1 Å². The molecule has 0 unspecified atom stereocenters. The quantitative estimate of drug-likeness (QED) is 0.751. The van der Waals surface area contributed by atoms with Gasteiger partial charge in [0.25, 0.3) is 0 Å². The van der Waals surface area contributed by atoms with E-state index in [1.807, 2.05) is 0 Å². The molecular formula is C4HCl2NO2S. The smallest absolute Gasteiger partial charge is 0.349 e. The van der Waals surface area contributed by atoms with Gasteiger partial charge >= 0.3 is 5.97 Å². The Hall–Kier alpha value is -0.320. The van der Waals surface area contributed by atoms with Crippen molar-refractivity contribution in [2.45, 2.75) is 0 Å². The minimum Gasteiger partial charge on any atom is -0.477 e. The van der Waals surface area contributed by atoms with Gasteiger partial charge in [0.1, 0.15) is 0 Å². The molecule has 0 radical (unpaired) electrons. The van der Waals surface area contributed by atoms with Gasteiger partial charge < -0.3 is 5.11 Å². The summed E-state index contributed by atoms with van der Waals surface area (Å²) in [5.41, 5.74) is 0. The first-order valence-electron chi connectivity index (χ1n) is 2.16. The predicted octanol–water partition coefficient (Wildman–Crippen LogP) is 2.15. The topological polar surface area (TPSA) is 50.2 Å². The number of aromatic carboxylic acids is 1. The van der Waals surface area contributed by atoms with Crippen LogP contribution in [0.5, 0.6) is 0 Å². The van der Waals surface area contributed by atoms with Gasteiger partial charge in [-0.1, -0.05) is 34.5 Å². The second-order valence-corrected chi connectivity index (χ2v) is 3.33. The molecule has 0 amide bonds. The van der Waals surface area contributed by atoms with E-state index in [4.69, 9.17) is 28.3 Å². The molecule has 1 heterocycles. The summed E-state index contributed by atoms with van der Waals surface area (Å²) in [6.07, 6.45) is 0. The van der Waals surface area contributed by atoms with Crippen LogP contribution >= 0.6 is 34.5 Å². The Bertz CT molecular complexity index is 272. The summed E-state index contributed by atoms with van der Waals surface area (Å²) in [7, 11) is 0. The fourth-order valence-corrected chi connectivity index (χ4v) is 1.62. The minimum atomic E-state index is -1.10. The molecule has 0 aliphatic rings. The molecule has 1 aromatic heterocycles. The number of rotatable bonds is 1. The number of hydrogen-bond donors (Lipinski definition) is 1. The monoisotopic (exact) mass is 197 g/mol. The highest BCUT2D eigenvalue weighted by Crippen LogP contribution is 2.25. The molecule has 0 aliphatic carbocycles. The molecule has 3 nitrogen and oxygen atoms in total. The molecular weight excluding hydrogens is 197 g/mol. The van der Waals surface area contributed by atoms with Crippen LogP contribution in [0, 0.1) is 0 Å². The van der Waals surface area contributed by atoms with Crippen molar-refractivity contribution in [3.63, 3.8) is 0 Å². The molecule has 6 heteroatoms. The molecule has 0 aromatic carbocycles. The average molecular weight is 198 g/mol. The summed E-state index contributed by atoms with van der Waals surface area (Å²) in [5.74, 6) is -1.10. The fraction of sp³-hybridized carbons (Fsp3) is 0. The number of carboxylic acids is 1. The number of halogens is 2.